The van der Waals surface area contributed by atoms with E-state index in [1.54, 1.807) is 0 Å². The summed E-state index contributed by atoms with van der Waals surface area (Å²) in [5.41, 5.74) is 1.22. The van der Waals surface area contributed by atoms with Crippen molar-refractivity contribution in [3.63, 3.8) is 0 Å². The fourth-order valence-electron chi connectivity index (χ4n) is 0.546. The topological polar surface area (TPSA) is 12.9 Å². The average Bonchev–Trinajstić information content (AvgIpc) is 1.90. The van der Waals surface area contributed by atoms with Gasteiger partial charge in [0.1, 0.15) is 0 Å². The van der Waals surface area contributed by atoms with E-state index in [4.69, 9.17) is 0 Å². The molecule has 1 nitrogen and oxygen atoms in total. The van der Waals surface area contributed by atoms with Crippen molar-refractivity contribution in [2.75, 3.05) is 0 Å². The van der Waals surface area contributed by atoms with Crippen molar-refractivity contribution in [1.29, 1.82) is 0 Å². The minimum atomic E-state index is 0. The molecule has 0 aliphatic heterocycles. The van der Waals surface area contributed by atoms with E-state index in [1.165, 1.54) is 24.0 Å². The number of aromatic nitrogens is 1. The van der Waals surface area contributed by atoms with Gasteiger partial charge in [0.05, 0.1) is 0 Å². The van der Waals surface area contributed by atoms with Crippen LogP contribution in [-0.2, 0) is 23.3 Å². The molecule has 0 unspecified atom stereocenters. The summed E-state index contributed by atoms with van der Waals surface area (Å²) in [6.07, 6.45) is 1.84. The predicted molar refractivity (Wildman–Crippen MR) is 35.2 cm³/mol. The van der Waals surface area contributed by atoms with Gasteiger partial charge in [-0.1, -0.05) is 0 Å². The van der Waals surface area contributed by atoms with E-state index in [-0.39, 0.29) is 12.4 Å². The van der Waals surface area contributed by atoms with Gasteiger partial charge in [0.25, 0.3) is 0 Å². The van der Waals surface area contributed by atoms with Gasteiger partial charge in [-0.2, -0.15) is 0 Å². The molecule has 1 aromatic heterocycles. The van der Waals surface area contributed by atoms with Crippen LogP contribution in [0.2, 0.25) is 0 Å². The van der Waals surface area contributed by atoms with Crippen molar-refractivity contribution < 1.29 is 18.3 Å². The Morgan fingerprint density at radius 2 is 2.22 bits per heavy atom. The third kappa shape index (κ3) is 2.93. The summed E-state index contributed by atoms with van der Waals surface area (Å²) in [4.78, 5) is 4.13. The Balaban J connectivity index is 0.000000640. The maximum absolute atomic E-state index is 4.13. The molecule has 0 saturated heterocycles. The van der Waals surface area contributed by atoms with E-state index in [9.17, 15) is 0 Å². The summed E-state index contributed by atoms with van der Waals surface area (Å²) in [5, 5.41) is 1.15. The number of nitrogens with zero attached hydrogens (tertiary/aromatic N) is 1. The molecule has 45 valence electrons. The predicted octanol–water partition coefficient (Wildman–Crippen LogP) is 1.55. The standard InChI is InChI=1S/C6H6N.ClH.Zn/c1-6-4-2-3-5-7-6;;/h2-5H,1H2;1H;. The van der Waals surface area contributed by atoms with Gasteiger partial charge in [0.2, 0.25) is 0 Å². The van der Waals surface area contributed by atoms with Gasteiger partial charge < -0.3 is 0 Å². The molecule has 0 spiro atoms. The van der Waals surface area contributed by atoms with Crippen molar-refractivity contribution >= 4 is 12.4 Å². The summed E-state index contributed by atoms with van der Waals surface area (Å²) in [5.74, 6) is 0. The fourth-order valence-corrected chi connectivity index (χ4v) is 1.17. The minimum absolute atomic E-state index is 0. The van der Waals surface area contributed by atoms with E-state index in [0.717, 1.165) is 5.02 Å². The molecule has 0 amide bonds. The molecule has 0 bridgehead atoms. The summed E-state index contributed by atoms with van der Waals surface area (Å²) in [6, 6.07) is 6.03. The summed E-state index contributed by atoms with van der Waals surface area (Å²) >= 11 is 1.30. The molecule has 0 aromatic carbocycles. The molecule has 0 aliphatic carbocycles. The second kappa shape index (κ2) is 4.90. The summed E-state index contributed by atoms with van der Waals surface area (Å²) in [6.45, 7) is 0. The zero-order valence-electron chi connectivity index (χ0n) is 5.08. The first-order chi connectivity index (χ1) is 3.93. The van der Waals surface area contributed by atoms with E-state index in [1.807, 2.05) is 18.3 Å². The first-order valence-electron chi connectivity index (χ1n) is 2.62. The zero-order chi connectivity index (χ0) is 5.82. The van der Waals surface area contributed by atoms with Crippen LogP contribution in [0.3, 0.4) is 0 Å². The Bertz CT molecular complexity index is 154. The van der Waals surface area contributed by atoms with Crippen LogP contribution in [-0.4, -0.2) is 4.98 Å². The van der Waals surface area contributed by atoms with Gasteiger partial charge in [-0.05, 0) is 0 Å². The van der Waals surface area contributed by atoms with E-state index in [2.05, 4.69) is 11.1 Å². The van der Waals surface area contributed by atoms with E-state index >= 15 is 0 Å². The van der Waals surface area contributed by atoms with Gasteiger partial charge in [-0.3, -0.25) is 0 Å². The Labute approximate surface area is 71.0 Å². The second-order valence-corrected chi connectivity index (χ2v) is 2.62. The van der Waals surface area contributed by atoms with Crippen LogP contribution in [0.1, 0.15) is 5.69 Å². The van der Waals surface area contributed by atoms with Crippen LogP contribution in [0.4, 0.5) is 0 Å². The summed E-state index contributed by atoms with van der Waals surface area (Å²) < 4.78 is 0. The number of pyridine rings is 1. The Morgan fingerprint density at radius 3 is 2.56 bits per heavy atom. The van der Waals surface area contributed by atoms with Gasteiger partial charge in [-0.15, -0.1) is 12.4 Å². The van der Waals surface area contributed by atoms with Gasteiger partial charge >= 0.3 is 58.4 Å². The van der Waals surface area contributed by atoms with Crippen LogP contribution < -0.4 is 0 Å². The molecule has 3 heteroatoms. The molecule has 0 fully saturated rings. The van der Waals surface area contributed by atoms with Crippen LogP contribution in [0.25, 0.3) is 0 Å². The van der Waals surface area contributed by atoms with Crippen LogP contribution >= 0.6 is 12.4 Å². The first-order valence-corrected chi connectivity index (χ1v) is 4.72. The van der Waals surface area contributed by atoms with Gasteiger partial charge in [0, 0.05) is 0 Å². The normalized spacial score (nSPS) is 8.22. The SMILES string of the molecule is Cl.[Zn][CH2]c1ccccn1. The Hall–Kier alpha value is 0.0634. The molecular weight excluding hydrogens is 187 g/mol. The first kappa shape index (κ1) is 9.06. The van der Waals surface area contributed by atoms with Crippen LogP contribution in [0.15, 0.2) is 24.4 Å². The van der Waals surface area contributed by atoms with Gasteiger partial charge in [0.15, 0.2) is 0 Å². The molecule has 0 N–H and O–H groups in total. The molecule has 1 heterocycles. The van der Waals surface area contributed by atoms with Crippen molar-refractivity contribution in [2.24, 2.45) is 0 Å². The molecule has 1 rings (SSSR count). The van der Waals surface area contributed by atoms with E-state index < -0.39 is 0 Å². The average molecular weight is 194 g/mol. The molecule has 0 saturated carbocycles. The number of halogens is 1. The van der Waals surface area contributed by atoms with E-state index in [0.29, 0.717) is 0 Å². The third-order valence-corrected chi connectivity index (χ3v) is 2.06. The number of rotatable bonds is 1. The number of hydrogen-bond donors (Lipinski definition) is 0. The Morgan fingerprint density at radius 1 is 1.44 bits per heavy atom. The summed E-state index contributed by atoms with van der Waals surface area (Å²) in [7, 11) is 0. The van der Waals surface area contributed by atoms with Gasteiger partial charge in [-0.25, -0.2) is 0 Å². The van der Waals surface area contributed by atoms with Crippen molar-refractivity contribution in [1.82, 2.24) is 4.98 Å². The van der Waals surface area contributed by atoms with Crippen LogP contribution in [0.5, 0.6) is 0 Å². The molecule has 0 atom stereocenters. The molecular formula is C6H7ClNZn. The molecule has 9 heavy (non-hydrogen) atoms. The third-order valence-electron chi connectivity index (χ3n) is 0.982. The van der Waals surface area contributed by atoms with Crippen molar-refractivity contribution in [3.05, 3.63) is 30.1 Å². The fraction of sp³-hybridized carbons (Fsp3) is 0.167. The number of hydrogen-bond acceptors (Lipinski definition) is 1. The monoisotopic (exact) mass is 192 g/mol. The quantitative estimate of drug-likeness (QED) is 0.618. The molecule has 1 aromatic rings. The maximum atomic E-state index is 4.13. The molecule has 0 aliphatic rings. The molecule has 0 radical (unpaired) electrons. The zero-order valence-corrected chi connectivity index (χ0v) is 8.86. The Kier molecular flexibility index (Phi) is 4.93. The van der Waals surface area contributed by atoms with Crippen molar-refractivity contribution in [2.45, 2.75) is 5.02 Å². The second-order valence-electron chi connectivity index (χ2n) is 1.57. The van der Waals surface area contributed by atoms with Crippen molar-refractivity contribution in [3.8, 4) is 0 Å². The van der Waals surface area contributed by atoms with Crippen LogP contribution in [0, 0.1) is 0 Å².